The van der Waals surface area contributed by atoms with Crippen molar-refractivity contribution in [2.75, 3.05) is 13.2 Å². The zero-order valence-electron chi connectivity index (χ0n) is 15.5. The molecule has 0 aliphatic carbocycles. The number of ether oxygens (including phenoxy) is 1. The fraction of sp³-hybridized carbons (Fsp3) is 0.300. The molecular formula is C20H21F3N2O3. The third-order valence-corrected chi connectivity index (χ3v) is 3.93. The lowest BCUT2D eigenvalue weighted by Gasteiger charge is -2.16. The zero-order valence-corrected chi connectivity index (χ0v) is 15.5. The standard InChI is InChI=1S/C20H21F3N2O3/c1-3-28-17-9-7-14(8-10-17)19(27)24-12-18(26)25-13(2)15-5-4-6-16(11-15)20(21,22)23/h4-11,13H,3,12H2,1-2H3,(H,24,27)(H,25,26). The van der Waals surface area contributed by atoms with E-state index in [2.05, 4.69) is 10.6 Å². The second kappa shape index (κ2) is 9.25. The molecule has 0 heterocycles. The van der Waals surface area contributed by atoms with Crippen LogP contribution in [0.25, 0.3) is 0 Å². The number of carbonyl (C=O) groups excluding carboxylic acids is 2. The van der Waals surface area contributed by atoms with Gasteiger partial charge in [-0.05, 0) is 55.8 Å². The van der Waals surface area contributed by atoms with Crippen LogP contribution in [0.1, 0.15) is 41.4 Å². The predicted octanol–water partition coefficient (Wildman–Crippen LogP) is 3.71. The van der Waals surface area contributed by atoms with E-state index in [0.29, 0.717) is 23.5 Å². The molecule has 5 nitrogen and oxygen atoms in total. The maximum Gasteiger partial charge on any atom is 0.416 e. The molecule has 0 saturated carbocycles. The van der Waals surface area contributed by atoms with E-state index < -0.39 is 29.6 Å². The van der Waals surface area contributed by atoms with Crippen molar-refractivity contribution in [3.63, 3.8) is 0 Å². The minimum atomic E-state index is -4.45. The van der Waals surface area contributed by atoms with Crippen molar-refractivity contribution in [2.24, 2.45) is 0 Å². The molecule has 2 aromatic carbocycles. The van der Waals surface area contributed by atoms with Gasteiger partial charge in [0, 0.05) is 5.56 Å². The number of amides is 2. The lowest BCUT2D eigenvalue weighted by molar-refractivity contribution is -0.137. The fourth-order valence-electron chi connectivity index (χ4n) is 2.49. The van der Waals surface area contributed by atoms with Crippen LogP contribution in [0.4, 0.5) is 13.2 Å². The van der Waals surface area contributed by atoms with Crippen LogP contribution < -0.4 is 15.4 Å². The Balaban J connectivity index is 1.88. The van der Waals surface area contributed by atoms with Gasteiger partial charge in [-0.25, -0.2) is 0 Å². The smallest absolute Gasteiger partial charge is 0.416 e. The summed E-state index contributed by atoms with van der Waals surface area (Å²) >= 11 is 0. The Bertz CT molecular complexity index is 820. The largest absolute Gasteiger partial charge is 0.494 e. The lowest BCUT2D eigenvalue weighted by Crippen LogP contribution is -2.38. The van der Waals surface area contributed by atoms with Crippen LogP contribution in [-0.4, -0.2) is 25.0 Å². The molecule has 0 aromatic heterocycles. The van der Waals surface area contributed by atoms with Gasteiger partial charge in [0.1, 0.15) is 5.75 Å². The first-order chi connectivity index (χ1) is 13.2. The number of nitrogens with one attached hydrogen (secondary N) is 2. The normalized spacial score (nSPS) is 12.2. The first-order valence-corrected chi connectivity index (χ1v) is 8.68. The average molecular weight is 394 g/mol. The van der Waals surface area contributed by atoms with Crippen LogP contribution >= 0.6 is 0 Å². The summed E-state index contributed by atoms with van der Waals surface area (Å²) in [5.41, 5.74) is -0.0990. The molecule has 2 amide bonds. The lowest BCUT2D eigenvalue weighted by atomic mass is 10.0. The Labute approximate surface area is 160 Å². The predicted molar refractivity (Wildman–Crippen MR) is 97.9 cm³/mol. The SMILES string of the molecule is CCOc1ccc(C(=O)NCC(=O)NC(C)c2cccc(C(F)(F)F)c2)cc1. The van der Waals surface area contributed by atoms with Gasteiger partial charge in [0.15, 0.2) is 0 Å². The molecule has 0 radical (unpaired) electrons. The van der Waals surface area contributed by atoms with Gasteiger partial charge in [-0.1, -0.05) is 12.1 Å². The van der Waals surface area contributed by atoms with Crippen LogP contribution in [0, 0.1) is 0 Å². The Morgan fingerprint density at radius 3 is 2.39 bits per heavy atom. The van der Waals surface area contributed by atoms with E-state index in [1.54, 1.807) is 31.2 Å². The molecule has 2 rings (SSSR count). The molecule has 0 aliphatic heterocycles. The van der Waals surface area contributed by atoms with E-state index >= 15 is 0 Å². The second-order valence-corrected chi connectivity index (χ2v) is 6.05. The average Bonchev–Trinajstić information content (AvgIpc) is 2.66. The summed E-state index contributed by atoms with van der Waals surface area (Å²) in [5, 5.41) is 5.04. The van der Waals surface area contributed by atoms with Crippen LogP contribution in [0.3, 0.4) is 0 Å². The van der Waals surface area contributed by atoms with E-state index in [4.69, 9.17) is 4.74 Å². The van der Waals surface area contributed by atoms with E-state index in [0.717, 1.165) is 12.1 Å². The molecule has 150 valence electrons. The monoisotopic (exact) mass is 394 g/mol. The van der Waals surface area contributed by atoms with Crippen LogP contribution in [0.2, 0.25) is 0 Å². The van der Waals surface area contributed by atoms with Crippen LogP contribution in [-0.2, 0) is 11.0 Å². The highest BCUT2D eigenvalue weighted by Gasteiger charge is 2.30. The number of benzene rings is 2. The molecule has 0 fully saturated rings. The Kier molecular flexibility index (Phi) is 7.03. The van der Waals surface area contributed by atoms with Gasteiger partial charge in [-0.2, -0.15) is 13.2 Å². The number of carbonyl (C=O) groups is 2. The number of halogens is 3. The van der Waals surface area contributed by atoms with E-state index in [1.807, 2.05) is 6.92 Å². The molecule has 0 bridgehead atoms. The number of hydrogen-bond acceptors (Lipinski definition) is 3. The van der Waals surface area contributed by atoms with Crippen molar-refractivity contribution in [3.05, 3.63) is 65.2 Å². The maximum atomic E-state index is 12.8. The summed E-state index contributed by atoms with van der Waals surface area (Å²) in [6.45, 7) is 3.63. The summed E-state index contributed by atoms with van der Waals surface area (Å²) in [6, 6.07) is 10.5. The van der Waals surface area contributed by atoms with Gasteiger partial charge in [-0.3, -0.25) is 9.59 Å². The fourth-order valence-corrected chi connectivity index (χ4v) is 2.49. The Hall–Kier alpha value is -3.03. The quantitative estimate of drug-likeness (QED) is 0.752. The first-order valence-electron chi connectivity index (χ1n) is 8.68. The minimum absolute atomic E-state index is 0.296. The molecule has 8 heteroatoms. The summed E-state index contributed by atoms with van der Waals surface area (Å²) in [5.74, 6) is -0.319. The topological polar surface area (TPSA) is 67.4 Å². The van der Waals surface area contributed by atoms with Gasteiger partial charge < -0.3 is 15.4 Å². The Morgan fingerprint density at radius 2 is 1.79 bits per heavy atom. The summed E-state index contributed by atoms with van der Waals surface area (Å²) in [7, 11) is 0. The molecule has 1 atom stereocenters. The first kappa shape index (κ1) is 21.3. The molecule has 0 saturated heterocycles. The minimum Gasteiger partial charge on any atom is -0.494 e. The second-order valence-electron chi connectivity index (χ2n) is 6.05. The van der Waals surface area contributed by atoms with Crippen molar-refractivity contribution in [1.82, 2.24) is 10.6 Å². The van der Waals surface area contributed by atoms with E-state index in [9.17, 15) is 22.8 Å². The molecule has 0 spiro atoms. The van der Waals surface area contributed by atoms with Crippen molar-refractivity contribution in [2.45, 2.75) is 26.1 Å². The highest BCUT2D eigenvalue weighted by atomic mass is 19.4. The zero-order chi connectivity index (χ0) is 20.7. The van der Waals surface area contributed by atoms with Gasteiger partial charge in [0.2, 0.25) is 5.91 Å². The molecule has 28 heavy (non-hydrogen) atoms. The molecule has 2 N–H and O–H groups in total. The van der Waals surface area contributed by atoms with Crippen molar-refractivity contribution < 1.29 is 27.5 Å². The maximum absolute atomic E-state index is 12.8. The van der Waals surface area contributed by atoms with Crippen LogP contribution in [0.5, 0.6) is 5.75 Å². The number of alkyl halides is 3. The third kappa shape index (κ3) is 6.00. The molecular weight excluding hydrogens is 373 g/mol. The molecule has 2 aromatic rings. The Morgan fingerprint density at radius 1 is 1.11 bits per heavy atom. The van der Waals surface area contributed by atoms with Crippen molar-refractivity contribution in [1.29, 1.82) is 0 Å². The van der Waals surface area contributed by atoms with Crippen molar-refractivity contribution >= 4 is 11.8 Å². The number of rotatable bonds is 7. The van der Waals surface area contributed by atoms with E-state index in [-0.39, 0.29) is 6.54 Å². The molecule has 1 unspecified atom stereocenters. The summed E-state index contributed by atoms with van der Waals surface area (Å²) in [4.78, 5) is 24.1. The van der Waals surface area contributed by atoms with Crippen molar-refractivity contribution in [3.8, 4) is 5.75 Å². The highest BCUT2D eigenvalue weighted by molar-refractivity contribution is 5.96. The summed E-state index contributed by atoms with van der Waals surface area (Å²) < 4.78 is 43.7. The van der Waals surface area contributed by atoms with Gasteiger partial charge >= 0.3 is 6.18 Å². The van der Waals surface area contributed by atoms with Gasteiger partial charge in [-0.15, -0.1) is 0 Å². The number of hydrogen-bond donors (Lipinski definition) is 2. The highest BCUT2D eigenvalue weighted by Crippen LogP contribution is 2.30. The third-order valence-electron chi connectivity index (χ3n) is 3.93. The van der Waals surface area contributed by atoms with E-state index in [1.165, 1.54) is 12.1 Å². The van der Waals surface area contributed by atoms with Gasteiger partial charge in [0.05, 0.1) is 24.8 Å². The molecule has 0 aliphatic rings. The summed E-state index contributed by atoms with van der Waals surface area (Å²) in [6.07, 6.45) is -4.45. The van der Waals surface area contributed by atoms with Gasteiger partial charge in [0.25, 0.3) is 5.91 Å². The van der Waals surface area contributed by atoms with Crippen LogP contribution in [0.15, 0.2) is 48.5 Å².